The highest BCUT2D eigenvalue weighted by Crippen LogP contribution is 2.34. The number of carbonyl (C=O) groups is 1. The van der Waals surface area contributed by atoms with Crippen LogP contribution in [-0.4, -0.2) is 19.6 Å². The van der Waals surface area contributed by atoms with Crippen LogP contribution in [-0.2, 0) is 4.79 Å². The van der Waals surface area contributed by atoms with Crippen molar-refractivity contribution in [1.29, 1.82) is 5.26 Å². The zero-order chi connectivity index (χ0) is 21.3. The van der Waals surface area contributed by atoms with Crippen molar-refractivity contribution in [2.45, 2.75) is 0 Å². The summed E-state index contributed by atoms with van der Waals surface area (Å²) in [6.07, 6.45) is 1.57. The van der Waals surface area contributed by atoms with E-state index in [4.69, 9.17) is 9.47 Å². The Morgan fingerprint density at radius 3 is 2.57 bits per heavy atom. The third kappa shape index (κ3) is 5.24. The van der Waals surface area contributed by atoms with Gasteiger partial charge < -0.3 is 14.8 Å². The summed E-state index contributed by atoms with van der Waals surface area (Å²) in [5, 5.41) is 12.3. The smallest absolute Gasteiger partial charge is 0.262 e. The lowest BCUT2D eigenvalue weighted by atomic mass is 10.0. The third-order valence-electron chi connectivity index (χ3n) is 4.19. The van der Waals surface area contributed by atoms with Crippen LogP contribution in [0.3, 0.4) is 0 Å². The van der Waals surface area contributed by atoms with Crippen molar-refractivity contribution in [1.82, 2.24) is 0 Å². The van der Waals surface area contributed by atoms with E-state index in [1.54, 1.807) is 42.5 Å². The summed E-state index contributed by atoms with van der Waals surface area (Å²) < 4.78 is 24.6. The number of nitriles is 1. The molecule has 1 N–H and O–H groups in total. The minimum Gasteiger partial charge on any atom is -0.493 e. The fourth-order valence-electron chi connectivity index (χ4n) is 2.81. The lowest BCUT2D eigenvalue weighted by Gasteiger charge is -2.14. The number of halogens is 1. The Hall–Kier alpha value is -4.11. The summed E-state index contributed by atoms with van der Waals surface area (Å²) in [4.78, 5) is 12.2. The van der Waals surface area contributed by atoms with Crippen molar-refractivity contribution >= 4 is 23.2 Å². The van der Waals surface area contributed by atoms with Crippen LogP contribution in [0.4, 0.5) is 10.1 Å². The van der Waals surface area contributed by atoms with Crippen molar-refractivity contribution in [2.24, 2.45) is 0 Å². The van der Waals surface area contributed by atoms with E-state index in [9.17, 15) is 14.4 Å². The summed E-state index contributed by atoms with van der Waals surface area (Å²) in [6, 6.07) is 22.0. The topological polar surface area (TPSA) is 71.3 Å². The Balaban J connectivity index is 1.86. The summed E-state index contributed by atoms with van der Waals surface area (Å²) in [7, 11) is 1.48. The lowest BCUT2D eigenvalue weighted by molar-refractivity contribution is -0.118. The van der Waals surface area contributed by atoms with Gasteiger partial charge in [-0.1, -0.05) is 42.5 Å². The Morgan fingerprint density at radius 2 is 1.87 bits per heavy atom. The highest BCUT2D eigenvalue weighted by atomic mass is 19.1. The van der Waals surface area contributed by atoms with Crippen LogP contribution in [0.25, 0.3) is 11.6 Å². The molecule has 0 spiro atoms. The Bertz CT molecular complexity index is 1100. The molecule has 0 bridgehead atoms. The molecule has 3 rings (SSSR count). The molecule has 0 aromatic heterocycles. The number of hydrogen-bond acceptors (Lipinski definition) is 4. The molecule has 0 radical (unpaired) electrons. The molecule has 30 heavy (non-hydrogen) atoms. The molecule has 5 nitrogen and oxygen atoms in total. The van der Waals surface area contributed by atoms with Gasteiger partial charge in [-0.25, -0.2) is 4.39 Å². The molecule has 0 fully saturated rings. The number of para-hydroxylation sites is 2. The van der Waals surface area contributed by atoms with Gasteiger partial charge in [-0.3, -0.25) is 4.79 Å². The molecular weight excluding hydrogens is 383 g/mol. The number of carbonyl (C=O) groups excluding carboxylic acids is 1. The molecule has 0 saturated carbocycles. The van der Waals surface area contributed by atoms with E-state index in [0.29, 0.717) is 28.3 Å². The van der Waals surface area contributed by atoms with Gasteiger partial charge in [0.15, 0.2) is 18.1 Å². The van der Waals surface area contributed by atoms with Crippen LogP contribution in [0.15, 0.2) is 72.8 Å². The number of ether oxygens (including phenoxy) is 2. The highest BCUT2D eigenvalue weighted by Gasteiger charge is 2.13. The molecule has 150 valence electrons. The Kier molecular flexibility index (Phi) is 6.80. The van der Waals surface area contributed by atoms with Crippen LogP contribution in [0, 0.1) is 17.1 Å². The normalized spacial score (nSPS) is 10.8. The van der Waals surface area contributed by atoms with Crippen molar-refractivity contribution in [3.05, 3.63) is 89.7 Å². The van der Waals surface area contributed by atoms with Gasteiger partial charge in [0, 0.05) is 11.3 Å². The molecule has 0 aliphatic heterocycles. The molecule has 3 aromatic rings. The molecule has 6 heteroatoms. The number of methoxy groups -OCH3 is 1. The van der Waals surface area contributed by atoms with Crippen LogP contribution in [0.1, 0.15) is 11.1 Å². The van der Waals surface area contributed by atoms with Gasteiger partial charge in [0.2, 0.25) is 0 Å². The molecule has 3 aromatic carbocycles. The van der Waals surface area contributed by atoms with E-state index in [1.807, 2.05) is 18.2 Å². The molecule has 1 amide bonds. The van der Waals surface area contributed by atoms with Gasteiger partial charge in [0.1, 0.15) is 5.82 Å². The minimum absolute atomic E-state index is 0.251. The molecule has 0 aliphatic rings. The number of nitrogens with zero attached hydrogens (tertiary/aromatic N) is 1. The summed E-state index contributed by atoms with van der Waals surface area (Å²) >= 11 is 0. The maximum atomic E-state index is 13.6. The van der Waals surface area contributed by atoms with Gasteiger partial charge >= 0.3 is 0 Å². The number of amides is 1. The molecule has 0 heterocycles. The number of nitrogens with one attached hydrogen (secondary N) is 1. The fourth-order valence-corrected chi connectivity index (χ4v) is 2.81. The first kappa shape index (κ1) is 20.6. The van der Waals surface area contributed by atoms with Crippen LogP contribution < -0.4 is 14.8 Å². The fraction of sp³-hybridized carbons (Fsp3) is 0.0833. The second-order valence-electron chi connectivity index (χ2n) is 6.26. The highest BCUT2D eigenvalue weighted by molar-refractivity contribution is 5.93. The van der Waals surface area contributed by atoms with E-state index < -0.39 is 5.82 Å². The second-order valence-corrected chi connectivity index (χ2v) is 6.26. The number of allylic oxidation sites excluding steroid dienone is 1. The maximum absolute atomic E-state index is 13.6. The van der Waals surface area contributed by atoms with E-state index in [0.717, 1.165) is 0 Å². The summed E-state index contributed by atoms with van der Waals surface area (Å²) in [6.45, 7) is -0.252. The number of benzene rings is 3. The summed E-state index contributed by atoms with van der Waals surface area (Å²) in [5.74, 6) is -0.0545. The van der Waals surface area contributed by atoms with Crippen LogP contribution in [0.5, 0.6) is 11.5 Å². The number of rotatable bonds is 7. The minimum atomic E-state index is -0.437. The van der Waals surface area contributed by atoms with Gasteiger partial charge in [-0.05, 0) is 42.0 Å². The SMILES string of the molecule is COc1cccc(/C=C(/C#N)c2cccc(F)c2)c1OCC(=O)Nc1ccccc1. The molecular formula is C24H19FN2O3. The van der Waals surface area contributed by atoms with Crippen molar-refractivity contribution in [3.8, 4) is 17.6 Å². The number of hydrogen-bond donors (Lipinski definition) is 1. The van der Waals surface area contributed by atoms with Crippen molar-refractivity contribution in [3.63, 3.8) is 0 Å². The zero-order valence-electron chi connectivity index (χ0n) is 16.3. The van der Waals surface area contributed by atoms with Crippen molar-refractivity contribution < 1.29 is 18.7 Å². The average Bonchev–Trinajstić information content (AvgIpc) is 2.76. The van der Waals surface area contributed by atoms with Crippen LogP contribution >= 0.6 is 0 Å². The monoisotopic (exact) mass is 402 g/mol. The zero-order valence-corrected chi connectivity index (χ0v) is 16.3. The maximum Gasteiger partial charge on any atom is 0.262 e. The predicted molar refractivity (Wildman–Crippen MR) is 113 cm³/mol. The van der Waals surface area contributed by atoms with Gasteiger partial charge in [-0.15, -0.1) is 0 Å². The average molecular weight is 402 g/mol. The molecule has 0 unspecified atom stereocenters. The lowest BCUT2D eigenvalue weighted by Crippen LogP contribution is -2.20. The third-order valence-corrected chi connectivity index (χ3v) is 4.19. The van der Waals surface area contributed by atoms with E-state index in [1.165, 1.54) is 25.3 Å². The largest absolute Gasteiger partial charge is 0.493 e. The van der Waals surface area contributed by atoms with Crippen LogP contribution in [0.2, 0.25) is 0 Å². The number of anilines is 1. The molecule has 0 saturated heterocycles. The first-order valence-electron chi connectivity index (χ1n) is 9.13. The molecule has 0 atom stereocenters. The summed E-state index contributed by atoms with van der Waals surface area (Å²) in [5.41, 5.74) is 1.88. The van der Waals surface area contributed by atoms with Gasteiger partial charge in [0.05, 0.1) is 18.8 Å². The van der Waals surface area contributed by atoms with E-state index in [-0.39, 0.29) is 18.1 Å². The Morgan fingerprint density at radius 1 is 1.10 bits per heavy atom. The second kappa shape index (κ2) is 9.89. The van der Waals surface area contributed by atoms with Crippen molar-refractivity contribution in [2.75, 3.05) is 19.0 Å². The van der Waals surface area contributed by atoms with Gasteiger partial charge in [0.25, 0.3) is 5.91 Å². The quantitative estimate of drug-likeness (QED) is 0.450. The Labute approximate surface area is 174 Å². The first-order chi connectivity index (χ1) is 14.6. The first-order valence-corrected chi connectivity index (χ1v) is 9.13. The predicted octanol–water partition coefficient (Wildman–Crippen LogP) is 4.92. The van der Waals surface area contributed by atoms with Gasteiger partial charge in [-0.2, -0.15) is 5.26 Å². The van der Waals surface area contributed by atoms with E-state index in [2.05, 4.69) is 11.4 Å². The molecule has 0 aliphatic carbocycles. The van der Waals surface area contributed by atoms with E-state index >= 15 is 0 Å². The standard InChI is InChI=1S/C24H19FN2O3/c1-29-22-12-6-8-18(13-19(15-26)17-7-5-9-20(25)14-17)24(22)30-16-23(28)27-21-10-3-2-4-11-21/h2-14H,16H2,1H3,(H,27,28)/b19-13-.